The smallest absolute Gasteiger partial charge is 0.271 e. The molecule has 0 aliphatic rings. The predicted octanol–water partition coefficient (Wildman–Crippen LogP) is 2.70. The lowest BCUT2D eigenvalue weighted by atomic mass is 10.1. The lowest BCUT2D eigenvalue weighted by molar-refractivity contribution is 0.0955. The quantitative estimate of drug-likeness (QED) is 0.575. The highest BCUT2D eigenvalue weighted by Gasteiger charge is 2.05. The molecule has 1 heterocycles. The fourth-order valence-electron chi connectivity index (χ4n) is 2.10. The van der Waals surface area contributed by atoms with Crippen molar-refractivity contribution < 1.29 is 9.90 Å². The molecule has 3 rings (SSSR count). The van der Waals surface area contributed by atoms with E-state index in [1.54, 1.807) is 18.2 Å². The first-order valence-corrected chi connectivity index (χ1v) is 6.70. The summed E-state index contributed by atoms with van der Waals surface area (Å²) >= 11 is 0. The summed E-state index contributed by atoms with van der Waals surface area (Å²) in [6, 6.07) is 14.3. The first-order valence-electron chi connectivity index (χ1n) is 6.70. The van der Waals surface area contributed by atoms with Gasteiger partial charge in [0, 0.05) is 28.9 Å². The molecule has 2 aromatic carbocycles. The van der Waals surface area contributed by atoms with Gasteiger partial charge in [0.25, 0.3) is 5.91 Å². The van der Waals surface area contributed by atoms with Crippen molar-refractivity contribution in [2.45, 2.75) is 0 Å². The molecule has 0 unspecified atom stereocenters. The van der Waals surface area contributed by atoms with E-state index < -0.39 is 0 Å². The Morgan fingerprint density at radius 2 is 1.86 bits per heavy atom. The Morgan fingerprint density at radius 1 is 1.09 bits per heavy atom. The van der Waals surface area contributed by atoms with Gasteiger partial charge in [-0.05, 0) is 23.6 Å². The zero-order valence-corrected chi connectivity index (χ0v) is 11.6. The van der Waals surface area contributed by atoms with Crippen LogP contribution in [0.15, 0.2) is 66.0 Å². The van der Waals surface area contributed by atoms with Gasteiger partial charge >= 0.3 is 0 Å². The van der Waals surface area contributed by atoms with Crippen LogP contribution in [0.2, 0.25) is 0 Å². The maximum Gasteiger partial charge on any atom is 0.271 e. The molecular formula is C17H13N3O2. The molecule has 5 nitrogen and oxygen atoms in total. The van der Waals surface area contributed by atoms with Gasteiger partial charge in [-0.3, -0.25) is 9.78 Å². The van der Waals surface area contributed by atoms with Gasteiger partial charge in [-0.2, -0.15) is 5.10 Å². The van der Waals surface area contributed by atoms with Crippen LogP contribution in [0.3, 0.4) is 0 Å². The van der Waals surface area contributed by atoms with E-state index in [2.05, 4.69) is 15.5 Å². The van der Waals surface area contributed by atoms with E-state index >= 15 is 0 Å². The van der Waals surface area contributed by atoms with Crippen molar-refractivity contribution in [1.29, 1.82) is 0 Å². The second-order valence-electron chi connectivity index (χ2n) is 4.66. The monoisotopic (exact) mass is 291 g/mol. The van der Waals surface area contributed by atoms with E-state index in [-0.39, 0.29) is 11.7 Å². The Balaban J connectivity index is 1.78. The highest BCUT2D eigenvalue weighted by molar-refractivity contribution is 5.98. The topological polar surface area (TPSA) is 74.6 Å². The van der Waals surface area contributed by atoms with Gasteiger partial charge in [0.15, 0.2) is 0 Å². The normalized spacial score (nSPS) is 10.9. The van der Waals surface area contributed by atoms with Gasteiger partial charge in [0.2, 0.25) is 0 Å². The molecule has 0 saturated heterocycles. The average Bonchev–Trinajstić information content (AvgIpc) is 2.58. The molecule has 0 spiro atoms. The maximum absolute atomic E-state index is 11.8. The summed E-state index contributed by atoms with van der Waals surface area (Å²) in [5.41, 5.74) is 3.42. The lowest BCUT2D eigenvalue weighted by Crippen LogP contribution is -2.17. The van der Waals surface area contributed by atoms with Crippen molar-refractivity contribution in [2.75, 3.05) is 0 Å². The van der Waals surface area contributed by atoms with Crippen LogP contribution in [0, 0.1) is 0 Å². The summed E-state index contributed by atoms with van der Waals surface area (Å²) < 4.78 is 0. The number of amides is 1. The van der Waals surface area contributed by atoms with Crippen molar-refractivity contribution in [3.63, 3.8) is 0 Å². The number of carbonyl (C=O) groups is 1. The van der Waals surface area contributed by atoms with Crippen molar-refractivity contribution in [3.8, 4) is 5.75 Å². The maximum atomic E-state index is 11.8. The molecular weight excluding hydrogens is 278 g/mol. The van der Waals surface area contributed by atoms with Crippen LogP contribution in [-0.4, -0.2) is 22.2 Å². The van der Waals surface area contributed by atoms with Gasteiger partial charge in [0.05, 0.1) is 6.21 Å². The summed E-state index contributed by atoms with van der Waals surface area (Å²) in [4.78, 5) is 15.7. The first-order chi connectivity index (χ1) is 10.8. The summed E-state index contributed by atoms with van der Waals surface area (Å²) in [7, 11) is 0. The molecule has 5 heteroatoms. The standard InChI is InChI=1S/C17H13N3O2/c21-16-14(6-5-12-3-1-2-4-15(12)16)11-19-20-17(22)13-7-9-18-10-8-13/h1-11,21H,(H,20,22). The Bertz CT molecular complexity index is 845. The molecule has 0 atom stereocenters. The molecule has 3 aromatic rings. The number of fused-ring (bicyclic) bond motifs is 1. The van der Waals surface area contributed by atoms with Crippen LogP contribution >= 0.6 is 0 Å². The average molecular weight is 291 g/mol. The highest BCUT2D eigenvalue weighted by atomic mass is 16.3. The van der Waals surface area contributed by atoms with Crippen LogP contribution in [-0.2, 0) is 0 Å². The molecule has 0 bridgehead atoms. The summed E-state index contributed by atoms with van der Waals surface area (Å²) in [6.45, 7) is 0. The van der Waals surface area contributed by atoms with E-state index in [1.807, 2.05) is 30.3 Å². The minimum absolute atomic E-state index is 0.139. The van der Waals surface area contributed by atoms with Crippen LogP contribution in [0.1, 0.15) is 15.9 Å². The number of phenolic OH excluding ortho intramolecular Hbond substituents is 1. The third kappa shape index (κ3) is 2.78. The van der Waals surface area contributed by atoms with E-state index in [4.69, 9.17) is 0 Å². The number of aromatic nitrogens is 1. The number of rotatable bonds is 3. The van der Waals surface area contributed by atoms with E-state index in [0.29, 0.717) is 11.1 Å². The number of aromatic hydroxyl groups is 1. The zero-order valence-electron chi connectivity index (χ0n) is 11.6. The van der Waals surface area contributed by atoms with Crippen LogP contribution in [0.4, 0.5) is 0 Å². The Morgan fingerprint density at radius 3 is 2.68 bits per heavy atom. The lowest BCUT2D eigenvalue weighted by Gasteiger charge is -2.04. The predicted molar refractivity (Wildman–Crippen MR) is 84.9 cm³/mol. The van der Waals surface area contributed by atoms with Gasteiger partial charge in [-0.1, -0.05) is 30.3 Å². The fourth-order valence-corrected chi connectivity index (χ4v) is 2.10. The third-order valence-corrected chi connectivity index (χ3v) is 3.24. The Labute approximate surface area is 126 Å². The number of nitrogens with one attached hydrogen (secondary N) is 1. The van der Waals surface area contributed by atoms with Crippen LogP contribution < -0.4 is 5.43 Å². The fraction of sp³-hybridized carbons (Fsp3) is 0. The second kappa shape index (κ2) is 6.05. The largest absolute Gasteiger partial charge is 0.507 e. The van der Waals surface area contributed by atoms with Gasteiger partial charge < -0.3 is 5.11 Å². The molecule has 0 aliphatic heterocycles. The molecule has 0 radical (unpaired) electrons. The second-order valence-corrected chi connectivity index (χ2v) is 4.66. The van der Waals surface area contributed by atoms with Gasteiger partial charge in [-0.25, -0.2) is 5.43 Å². The molecule has 1 amide bonds. The van der Waals surface area contributed by atoms with Crippen LogP contribution in [0.25, 0.3) is 10.8 Å². The number of hydrazone groups is 1. The van der Waals surface area contributed by atoms with Crippen molar-refractivity contribution in [3.05, 3.63) is 72.1 Å². The summed E-state index contributed by atoms with van der Waals surface area (Å²) in [5, 5.41) is 15.8. The van der Waals surface area contributed by atoms with Crippen molar-refractivity contribution in [2.24, 2.45) is 5.10 Å². The third-order valence-electron chi connectivity index (χ3n) is 3.24. The minimum Gasteiger partial charge on any atom is -0.507 e. The number of phenols is 1. The highest BCUT2D eigenvalue weighted by Crippen LogP contribution is 2.27. The first kappa shape index (κ1) is 13.8. The molecule has 22 heavy (non-hydrogen) atoms. The molecule has 1 aromatic heterocycles. The Kier molecular flexibility index (Phi) is 3.78. The number of hydrogen-bond donors (Lipinski definition) is 2. The minimum atomic E-state index is -0.334. The molecule has 0 saturated carbocycles. The number of hydrogen-bond acceptors (Lipinski definition) is 4. The number of pyridine rings is 1. The Hall–Kier alpha value is -3.21. The van der Waals surface area contributed by atoms with Gasteiger partial charge in [-0.15, -0.1) is 0 Å². The molecule has 108 valence electrons. The van der Waals surface area contributed by atoms with Crippen molar-refractivity contribution in [1.82, 2.24) is 10.4 Å². The van der Waals surface area contributed by atoms with E-state index in [0.717, 1.165) is 10.8 Å². The number of carbonyl (C=O) groups excluding carboxylic acids is 1. The van der Waals surface area contributed by atoms with Crippen molar-refractivity contribution >= 4 is 22.9 Å². The van der Waals surface area contributed by atoms with E-state index in [9.17, 15) is 9.90 Å². The van der Waals surface area contributed by atoms with Gasteiger partial charge in [0.1, 0.15) is 5.75 Å². The summed E-state index contributed by atoms with van der Waals surface area (Å²) in [5.74, 6) is -0.195. The zero-order chi connectivity index (χ0) is 15.4. The number of benzene rings is 2. The SMILES string of the molecule is O=C(NN=Cc1ccc2ccccc2c1O)c1ccncc1. The summed E-state index contributed by atoms with van der Waals surface area (Å²) in [6.07, 6.45) is 4.49. The van der Waals surface area contributed by atoms with E-state index in [1.165, 1.54) is 18.6 Å². The van der Waals surface area contributed by atoms with Crippen LogP contribution in [0.5, 0.6) is 5.75 Å². The number of nitrogens with zero attached hydrogens (tertiary/aromatic N) is 2. The molecule has 0 aliphatic carbocycles. The molecule has 0 fully saturated rings. The molecule has 2 N–H and O–H groups in total.